The number of Topliss-reactive ketones (excluding diaryl/α,β-unsaturated/α-hetero) is 1. The van der Waals surface area contributed by atoms with Crippen LogP contribution in [0.1, 0.15) is 75.3 Å². The number of carbonyl (C=O) groups excluding carboxylic acids is 1. The van der Waals surface area contributed by atoms with Gasteiger partial charge in [0.05, 0.1) is 0 Å². The van der Waals surface area contributed by atoms with Crippen LogP contribution in [0.5, 0.6) is 0 Å². The van der Waals surface area contributed by atoms with Crippen LogP contribution in [-0.4, -0.2) is 11.3 Å². The topological polar surface area (TPSA) is 29.1 Å². The minimum atomic E-state index is -5.65. The number of ketones is 1. The van der Waals surface area contributed by atoms with Crippen molar-refractivity contribution in [2.24, 2.45) is 0 Å². The summed E-state index contributed by atoms with van der Waals surface area (Å²) >= 11 is 0. The molecule has 0 spiro atoms. The molecular weight excluding hydrogens is 487 g/mol. The van der Waals surface area contributed by atoms with Gasteiger partial charge in [-0.2, -0.15) is 13.2 Å². The Hall–Kier alpha value is -2.84. The van der Waals surface area contributed by atoms with Gasteiger partial charge in [-0.25, -0.2) is 17.6 Å². The van der Waals surface area contributed by atoms with Gasteiger partial charge in [-0.15, -0.1) is 0 Å². The summed E-state index contributed by atoms with van der Waals surface area (Å²) in [5.41, 5.74) is -5.21. The molecule has 1 aliphatic rings. The molecule has 1 N–H and O–H groups in total. The van der Waals surface area contributed by atoms with Gasteiger partial charge in [-0.3, -0.25) is 4.79 Å². The monoisotopic (exact) mass is 515 g/mol. The highest BCUT2D eigenvalue weighted by molar-refractivity contribution is 5.94. The fourth-order valence-electron chi connectivity index (χ4n) is 4.48. The van der Waals surface area contributed by atoms with Crippen LogP contribution < -0.4 is 5.32 Å². The molecule has 2 aromatic rings. The largest absolute Gasteiger partial charge is 0.422 e. The molecule has 1 atom stereocenters. The summed E-state index contributed by atoms with van der Waals surface area (Å²) in [7, 11) is 0. The molecule has 0 aromatic heterocycles. The van der Waals surface area contributed by atoms with E-state index in [4.69, 9.17) is 0 Å². The number of hydrogen-bond donors (Lipinski definition) is 1. The van der Waals surface area contributed by atoms with Crippen molar-refractivity contribution in [1.82, 2.24) is 0 Å². The number of rotatable bonds is 4. The maximum Gasteiger partial charge on any atom is 0.422 e. The third-order valence-electron chi connectivity index (χ3n) is 6.48. The summed E-state index contributed by atoms with van der Waals surface area (Å²) in [6.45, 7) is 0. The van der Waals surface area contributed by atoms with Crippen molar-refractivity contribution in [3.8, 4) is 0 Å². The second-order valence-electron chi connectivity index (χ2n) is 9.10. The van der Waals surface area contributed by atoms with Gasteiger partial charge in [-0.1, -0.05) is 87.4 Å². The molecule has 2 aromatic carbocycles. The first-order chi connectivity index (χ1) is 17.1. The van der Waals surface area contributed by atoms with Crippen LogP contribution >= 0.6 is 0 Å². The summed E-state index contributed by atoms with van der Waals surface area (Å²) in [6, 6.07) is 8.70. The lowest BCUT2D eigenvalue weighted by molar-refractivity contribution is -0.143. The van der Waals surface area contributed by atoms with Crippen molar-refractivity contribution in [1.29, 1.82) is 0 Å². The zero-order chi connectivity index (χ0) is 26.3. The molecule has 0 unspecified atom stereocenters. The van der Waals surface area contributed by atoms with Crippen molar-refractivity contribution in [2.75, 3.05) is 5.32 Å². The second-order valence-corrected chi connectivity index (χ2v) is 9.10. The van der Waals surface area contributed by atoms with E-state index in [1.165, 1.54) is 6.08 Å². The highest BCUT2D eigenvalue weighted by Crippen LogP contribution is 2.40. The van der Waals surface area contributed by atoms with E-state index < -0.39 is 52.0 Å². The molecule has 0 aliphatic heterocycles. The molecule has 2 nitrogen and oxygen atoms in total. The molecule has 0 bridgehead atoms. The zero-order valence-electron chi connectivity index (χ0n) is 19.7. The molecule has 9 heteroatoms. The average molecular weight is 516 g/mol. The summed E-state index contributed by atoms with van der Waals surface area (Å²) < 4.78 is 97.5. The first-order valence-electron chi connectivity index (χ1n) is 12.1. The lowest BCUT2D eigenvalue weighted by Gasteiger charge is -2.33. The van der Waals surface area contributed by atoms with Crippen molar-refractivity contribution in [3.63, 3.8) is 0 Å². The molecule has 196 valence electrons. The second kappa shape index (κ2) is 11.9. The molecule has 0 heterocycles. The highest BCUT2D eigenvalue weighted by Gasteiger charge is 2.44. The van der Waals surface area contributed by atoms with E-state index in [2.05, 4.69) is 5.32 Å². The number of alkyl halides is 3. The predicted octanol–water partition coefficient (Wildman–Crippen LogP) is 8.61. The van der Waals surface area contributed by atoms with Crippen LogP contribution in [-0.2, 0) is 11.0 Å². The fraction of sp³-hybridized carbons (Fsp3) is 0.444. The van der Waals surface area contributed by atoms with Crippen LogP contribution in [0.2, 0.25) is 0 Å². The van der Waals surface area contributed by atoms with Crippen molar-refractivity contribution < 1.29 is 35.5 Å². The number of halogens is 7. The quantitative estimate of drug-likeness (QED) is 0.326. The van der Waals surface area contributed by atoms with Gasteiger partial charge in [0.2, 0.25) is 0 Å². The van der Waals surface area contributed by atoms with Crippen LogP contribution in [0.3, 0.4) is 0 Å². The minimum Gasteiger partial charge on any atom is -0.365 e. The average Bonchev–Trinajstić information content (AvgIpc) is 2.83. The van der Waals surface area contributed by atoms with Crippen LogP contribution in [0, 0.1) is 23.3 Å². The van der Waals surface area contributed by atoms with E-state index in [0.29, 0.717) is 24.8 Å². The predicted molar refractivity (Wildman–Crippen MR) is 124 cm³/mol. The molecule has 1 fully saturated rings. The van der Waals surface area contributed by atoms with Crippen LogP contribution in [0.4, 0.5) is 36.4 Å². The Labute approximate surface area is 205 Å². The van der Waals surface area contributed by atoms with Gasteiger partial charge < -0.3 is 5.32 Å². The summed E-state index contributed by atoms with van der Waals surface area (Å²) in [4.78, 5) is 13.5. The van der Waals surface area contributed by atoms with Gasteiger partial charge in [0.25, 0.3) is 0 Å². The summed E-state index contributed by atoms with van der Waals surface area (Å²) in [6.07, 6.45) is 3.60. The fourth-order valence-corrected chi connectivity index (χ4v) is 4.48. The molecule has 3 rings (SSSR count). The zero-order valence-corrected chi connectivity index (χ0v) is 19.7. The van der Waals surface area contributed by atoms with Gasteiger partial charge in [0.1, 0.15) is 16.8 Å². The van der Waals surface area contributed by atoms with Crippen molar-refractivity contribution in [3.05, 3.63) is 70.8 Å². The SMILES string of the molecule is O=C1CCCCCCCCCC[C@]1(/C=C/c1ccccc1)Nc1c(F)c(F)c(C(F)(F)F)c(F)c1F. The van der Waals surface area contributed by atoms with Crippen LogP contribution in [0.25, 0.3) is 6.08 Å². The Bertz CT molecular complexity index is 1050. The van der Waals surface area contributed by atoms with Gasteiger partial charge in [-0.05, 0) is 18.4 Å². The Morgan fingerprint density at radius 2 is 1.28 bits per heavy atom. The first kappa shape index (κ1) is 27.7. The number of anilines is 1. The van der Waals surface area contributed by atoms with Crippen LogP contribution in [0.15, 0.2) is 36.4 Å². The Balaban J connectivity index is 2.12. The smallest absolute Gasteiger partial charge is 0.365 e. The number of carbonyl (C=O) groups is 1. The number of benzene rings is 2. The van der Waals surface area contributed by atoms with Crippen molar-refractivity contribution in [2.45, 2.75) is 75.9 Å². The van der Waals surface area contributed by atoms with Crippen molar-refractivity contribution >= 4 is 17.5 Å². The lowest BCUT2D eigenvalue weighted by atomic mass is 9.83. The normalized spacial score (nSPS) is 20.7. The molecule has 1 saturated carbocycles. The third kappa shape index (κ3) is 6.48. The maximum absolute atomic E-state index is 14.8. The Morgan fingerprint density at radius 1 is 0.750 bits per heavy atom. The summed E-state index contributed by atoms with van der Waals surface area (Å²) in [5, 5.41) is 2.33. The summed E-state index contributed by atoms with van der Waals surface area (Å²) in [5.74, 6) is -10.0. The van der Waals surface area contributed by atoms with E-state index in [9.17, 15) is 35.5 Å². The van der Waals surface area contributed by atoms with E-state index in [0.717, 1.165) is 32.1 Å². The Kier molecular flexibility index (Phi) is 9.19. The highest BCUT2D eigenvalue weighted by atomic mass is 19.4. The van der Waals surface area contributed by atoms with Gasteiger partial charge in [0, 0.05) is 6.42 Å². The maximum atomic E-state index is 14.8. The standard InChI is InChI=1S/C27H28F7NO/c28-21-20(27(32,33)34)22(29)24(31)25(23(21)30)35-26(17-15-18-12-8-7-9-13-18)16-11-6-4-2-1-3-5-10-14-19(26)36/h7-9,12-13,15,17,35H,1-6,10-11,14,16H2/b17-15+/t26-/m1/s1. The first-order valence-corrected chi connectivity index (χ1v) is 12.1. The molecular formula is C27H28F7NO. The number of hydrogen-bond acceptors (Lipinski definition) is 2. The third-order valence-corrected chi connectivity index (χ3v) is 6.48. The van der Waals surface area contributed by atoms with Gasteiger partial charge in [0.15, 0.2) is 29.1 Å². The molecule has 0 radical (unpaired) electrons. The lowest BCUT2D eigenvalue weighted by Crippen LogP contribution is -2.45. The molecule has 36 heavy (non-hydrogen) atoms. The minimum absolute atomic E-state index is 0.0287. The Morgan fingerprint density at radius 3 is 1.83 bits per heavy atom. The molecule has 0 amide bonds. The van der Waals surface area contributed by atoms with E-state index in [1.807, 2.05) is 0 Å². The molecule has 1 aliphatic carbocycles. The molecule has 0 saturated heterocycles. The van der Waals surface area contributed by atoms with E-state index in [1.54, 1.807) is 36.4 Å². The van der Waals surface area contributed by atoms with E-state index in [-0.39, 0.29) is 12.8 Å². The van der Waals surface area contributed by atoms with Gasteiger partial charge >= 0.3 is 6.18 Å². The van der Waals surface area contributed by atoms with E-state index >= 15 is 0 Å². The number of nitrogens with one attached hydrogen (secondary N) is 1.